The van der Waals surface area contributed by atoms with Gasteiger partial charge in [-0.05, 0) is 57.3 Å². The van der Waals surface area contributed by atoms with Gasteiger partial charge in [-0.1, -0.05) is 127 Å². The number of hydrogen-bond acceptors (Lipinski definition) is 11. The molecule has 1 saturated carbocycles. The highest BCUT2D eigenvalue weighted by molar-refractivity contribution is 7.47. The molecule has 0 aromatic rings. The van der Waals surface area contributed by atoms with E-state index in [0.29, 0.717) is 19.3 Å². The van der Waals surface area contributed by atoms with Crippen molar-refractivity contribution in [1.82, 2.24) is 0 Å². The average Bonchev–Trinajstić information content (AvgIpc) is 3.44. The van der Waals surface area contributed by atoms with Gasteiger partial charge in [-0.2, -0.15) is 0 Å². The van der Waals surface area contributed by atoms with E-state index in [1.165, 1.54) is 38.5 Å². The molecule has 56 heavy (non-hydrogen) atoms. The second kappa shape index (κ2) is 33.8. The molecule has 0 amide bonds. The number of unbranched alkanes of at least 4 members (excludes halogenated alkanes) is 12. The second-order valence-electron chi connectivity index (χ2n) is 14.8. The van der Waals surface area contributed by atoms with Crippen molar-refractivity contribution in [2.24, 2.45) is 17.6 Å². The lowest BCUT2D eigenvalue weighted by molar-refractivity contribution is -0.160. The minimum absolute atomic E-state index is 0.00601. The molecule has 0 heterocycles. The highest BCUT2D eigenvalue weighted by atomic mass is 31.2. The van der Waals surface area contributed by atoms with Gasteiger partial charge in [-0.15, -0.1) is 0 Å². The van der Waals surface area contributed by atoms with Crippen molar-refractivity contribution >= 4 is 19.8 Å². The number of ether oxygens (including phenoxy) is 2. The number of hydrogen-bond donors (Lipinski definition) is 5. The van der Waals surface area contributed by atoms with Crippen molar-refractivity contribution in [3.8, 4) is 0 Å². The van der Waals surface area contributed by atoms with E-state index in [1.807, 2.05) is 0 Å². The van der Waals surface area contributed by atoms with Crippen LogP contribution in [0.1, 0.15) is 149 Å². The summed E-state index contributed by atoms with van der Waals surface area (Å²) in [4.78, 5) is 35.1. The molecular weight excluding hydrogens is 737 g/mol. The van der Waals surface area contributed by atoms with E-state index in [1.54, 1.807) is 24.3 Å². The van der Waals surface area contributed by atoms with Crippen molar-refractivity contribution in [2.45, 2.75) is 173 Å². The van der Waals surface area contributed by atoms with Gasteiger partial charge in [0.15, 0.2) is 6.10 Å². The summed E-state index contributed by atoms with van der Waals surface area (Å²) in [5.41, 5.74) is 5.34. The summed E-state index contributed by atoms with van der Waals surface area (Å²) >= 11 is 0. The van der Waals surface area contributed by atoms with Crippen molar-refractivity contribution in [1.29, 1.82) is 0 Å². The SMILES string of the molecule is CCCCC/C=C\C/C=C\CCCCCCCCCC(=O)O[C@H](COC(=O)C/C=C\C[C@H]1[C@@H](/C=C/[C@H](O)CCCCC)[C@H](O)C[C@@H]1O)COP(=O)(O)OCCN. The molecule has 6 N–H and O–H groups in total. The highest BCUT2D eigenvalue weighted by Crippen LogP contribution is 2.43. The molecule has 1 rings (SSSR count). The van der Waals surface area contributed by atoms with Gasteiger partial charge in [0.2, 0.25) is 0 Å². The highest BCUT2D eigenvalue weighted by Gasteiger charge is 2.39. The molecular formula is C43H76NO11P. The Bertz CT molecular complexity index is 1180. The molecule has 1 aliphatic rings. The number of phosphoric acid groups is 1. The van der Waals surface area contributed by atoms with Crippen LogP contribution in [0.3, 0.4) is 0 Å². The predicted octanol–water partition coefficient (Wildman–Crippen LogP) is 8.32. The quantitative estimate of drug-likeness (QED) is 0.0178. The van der Waals surface area contributed by atoms with Crippen molar-refractivity contribution in [3.05, 3.63) is 48.6 Å². The first-order valence-electron chi connectivity index (χ1n) is 21.4. The molecule has 13 heteroatoms. The molecule has 0 radical (unpaired) electrons. The molecule has 0 spiro atoms. The molecule has 1 unspecified atom stereocenters. The van der Waals surface area contributed by atoms with Gasteiger partial charge in [0.1, 0.15) is 6.61 Å². The minimum atomic E-state index is -4.46. The van der Waals surface area contributed by atoms with Gasteiger partial charge >= 0.3 is 19.8 Å². The van der Waals surface area contributed by atoms with E-state index < -0.39 is 50.8 Å². The first-order valence-corrected chi connectivity index (χ1v) is 22.9. The van der Waals surface area contributed by atoms with Crippen LogP contribution in [0, 0.1) is 11.8 Å². The molecule has 1 fully saturated rings. The summed E-state index contributed by atoms with van der Waals surface area (Å²) in [6, 6.07) is 0. The number of aliphatic hydroxyl groups excluding tert-OH is 3. The van der Waals surface area contributed by atoms with E-state index in [2.05, 4.69) is 38.2 Å². The Morgan fingerprint density at radius 2 is 1.43 bits per heavy atom. The van der Waals surface area contributed by atoms with Crippen LogP contribution in [0.4, 0.5) is 0 Å². The molecule has 0 bridgehead atoms. The van der Waals surface area contributed by atoms with E-state index in [9.17, 15) is 34.4 Å². The van der Waals surface area contributed by atoms with Crippen molar-refractivity contribution < 1.29 is 52.9 Å². The molecule has 7 atom stereocenters. The summed E-state index contributed by atoms with van der Waals surface area (Å²) in [6.45, 7) is 3.20. The number of rotatable bonds is 35. The molecule has 1 aliphatic carbocycles. The van der Waals surface area contributed by atoms with Gasteiger partial charge in [0.25, 0.3) is 0 Å². The van der Waals surface area contributed by atoms with Crippen LogP contribution in [0.15, 0.2) is 48.6 Å². The topological polar surface area (TPSA) is 195 Å². The fraction of sp³-hybridized carbons (Fsp3) is 0.767. The monoisotopic (exact) mass is 814 g/mol. The molecule has 12 nitrogen and oxygen atoms in total. The van der Waals surface area contributed by atoms with Crippen LogP contribution < -0.4 is 5.73 Å². The van der Waals surface area contributed by atoms with Crippen LogP contribution >= 0.6 is 7.82 Å². The Balaban J connectivity index is 2.45. The summed E-state index contributed by atoms with van der Waals surface area (Å²) in [7, 11) is -4.46. The number of carbonyl (C=O) groups is 2. The minimum Gasteiger partial charge on any atom is -0.461 e. The molecule has 0 aromatic carbocycles. The van der Waals surface area contributed by atoms with Gasteiger partial charge in [0.05, 0.1) is 37.9 Å². The molecule has 324 valence electrons. The maximum Gasteiger partial charge on any atom is 0.472 e. The van der Waals surface area contributed by atoms with Crippen LogP contribution in [-0.2, 0) is 32.7 Å². The van der Waals surface area contributed by atoms with Crippen LogP contribution in [0.25, 0.3) is 0 Å². The lowest BCUT2D eigenvalue weighted by Crippen LogP contribution is -2.29. The summed E-state index contributed by atoms with van der Waals surface area (Å²) in [5.74, 6) is -1.74. The Hall–Kier alpha value is -2.15. The summed E-state index contributed by atoms with van der Waals surface area (Å²) in [6.07, 6.45) is 31.2. The Morgan fingerprint density at radius 1 is 0.786 bits per heavy atom. The normalized spacial score (nSPS) is 21.1. The predicted molar refractivity (Wildman–Crippen MR) is 221 cm³/mol. The first kappa shape index (κ1) is 51.9. The maximum atomic E-state index is 12.6. The zero-order valence-corrected chi connectivity index (χ0v) is 35.3. The van der Waals surface area contributed by atoms with Crippen LogP contribution in [0.2, 0.25) is 0 Å². The maximum absolute atomic E-state index is 12.6. The largest absolute Gasteiger partial charge is 0.472 e. The number of nitrogens with two attached hydrogens (primary N) is 1. The molecule has 0 aromatic heterocycles. The number of esters is 2. The standard InChI is InChI=1S/C43H76NO11P/c1-3-5-7-8-9-10-11-12-13-14-15-16-17-18-19-20-22-28-43(49)55-37(35-54-56(50,51)53-32-31-44)34-52-42(48)27-24-23-26-38-39(41(47)33-40(38)46)30-29-36(45)25-21-6-4-2/h9-10,12-13,23-24,29-30,36-41,45-47H,3-8,11,14-22,25-28,31-35,44H2,1-2H3,(H,50,51)/b10-9-,13-12-,24-23-,30-29+/t36-,37-,38+,39-,40+,41-/m1/s1. The molecule has 0 aliphatic heterocycles. The molecule has 0 saturated heterocycles. The van der Waals surface area contributed by atoms with E-state index in [4.69, 9.17) is 24.3 Å². The Labute approximate surface area is 337 Å². The zero-order valence-electron chi connectivity index (χ0n) is 34.4. The lowest BCUT2D eigenvalue weighted by Gasteiger charge is -2.20. The Kier molecular flexibility index (Phi) is 31.3. The van der Waals surface area contributed by atoms with Gasteiger partial charge < -0.3 is 35.4 Å². The van der Waals surface area contributed by atoms with Crippen molar-refractivity contribution in [3.63, 3.8) is 0 Å². The fourth-order valence-electron chi connectivity index (χ4n) is 6.52. The number of allylic oxidation sites excluding steroid dienone is 5. The third-order valence-electron chi connectivity index (χ3n) is 9.79. The van der Waals surface area contributed by atoms with E-state index in [0.717, 1.165) is 57.8 Å². The van der Waals surface area contributed by atoms with Gasteiger partial charge in [-0.3, -0.25) is 18.6 Å². The fourth-order valence-corrected chi connectivity index (χ4v) is 7.28. The van der Waals surface area contributed by atoms with Crippen LogP contribution in [-0.4, -0.2) is 82.9 Å². The number of carbonyl (C=O) groups excluding carboxylic acids is 2. The van der Waals surface area contributed by atoms with Crippen LogP contribution in [0.5, 0.6) is 0 Å². The van der Waals surface area contributed by atoms with E-state index in [-0.39, 0.29) is 50.9 Å². The number of phosphoric ester groups is 1. The summed E-state index contributed by atoms with van der Waals surface area (Å²) in [5, 5.41) is 31.3. The third-order valence-corrected chi connectivity index (χ3v) is 10.8. The van der Waals surface area contributed by atoms with Gasteiger partial charge in [0, 0.05) is 25.3 Å². The van der Waals surface area contributed by atoms with E-state index >= 15 is 0 Å². The zero-order chi connectivity index (χ0) is 41.3. The first-order chi connectivity index (χ1) is 27.0. The Morgan fingerprint density at radius 3 is 2.11 bits per heavy atom. The smallest absolute Gasteiger partial charge is 0.461 e. The second-order valence-corrected chi connectivity index (χ2v) is 16.3. The van der Waals surface area contributed by atoms with Gasteiger partial charge in [-0.25, -0.2) is 4.57 Å². The van der Waals surface area contributed by atoms with Crippen molar-refractivity contribution in [2.75, 3.05) is 26.4 Å². The number of aliphatic hydroxyl groups is 3. The lowest BCUT2D eigenvalue weighted by atomic mass is 9.89. The average molecular weight is 814 g/mol. The third kappa shape index (κ3) is 27.5. The summed E-state index contributed by atoms with van der Waals surface area (Å²) < 4.78 is 32.7.